The van der Waals surface area contributed by atoms with Gasteiger partial charge in [0.25, 0.3) is 0 Å². The van der Waals surface area contributed by atoms with Crippen LogP contribution in [0.4, 0.5) is 0 Å². The number of rotatable bonds is 11. The van der Waals surface area contributed by atoms with Crippen LogP contribution in [-0.2, 0) is 4.74 Å². The van der Waals surface area contributed by atoms with Gasteiger partial charge in [-0.25, -0.2) is 0 Å². The zero-order chi connectivity index (χ0) is 13.8. The van der Waals surface area contributed by atoms with Crippen LogP contribution in [0.15, 0.2) is 30.3 Å². The summed E-state index contributed by atoms with van der Waals surface area (Å²) in [5, 5.41) is 0. The van der Waals surface area contributed by atoms with Crippen LogP contribution in [0.5, 0.6) is 5.75 Å². The van der Waals surface area contributed by atoms with E-state index in [4.69, 9.17) is 9.47 Å². The molecule has 0 saturated heterocycles. The maximum atomic E-state index is 5.86. The summed E-state index contributed by atoms with van der Waals surface area (Å²) < 4.78 is 11.5. The summed E-state index contributed by atoms with van der Waals surface area (Å²) in [6.07, 6.45) is 8.69. The Bertz CT molecular complexity index is 297. The highest BCUT2D eigenvalue weighted by Crippen LogP contribution is 2.16. The lowest BCUT2D eigenvalue weighted by Gasteiger charge is -2.18. The summed E-state index contributed by atoms with van der Waals surface area (Å²) in [5.41, 5.74) is 0. The van der Waals surface area contributed by atoms with E-state index >= 15 is 0 Å². The van der Waals surface area contributed by atoms with E-state index in [1.165, 1.54) is 38.5 Å². The molecule has 108 valence electrons. The number of unbranched alkanes of at least 4 members (excludes halogenated alkanes) is 5. The largest absolute Gasteiger partial charge is 0.465 e. The highest BCUT2D eigenvalue weighted by molar-refractivity contribution is 5.20. The van der Waals surface area contributed by atoms with Gasteiger partial charge in [-0.2, -0.15) is 0 Å². The summed E-state index contributed by atoms with van der Waals surface area (Å²) in [6.45, 7) is 4.97. The standard InChI is InChI=1S/C17H28O2/c1-3-5-6-7-8-12-15-17(18-4-2)19-16-13-10-9-11-14-16/h9-11,13-14,17H,3-8,12,15H2,1-2H3. The van der Waals surface area contributed by atoms with Crippen molar-refractivity contribution in [2.24, 2.45) is 0 Å². The molecule has 0 aliphatic carbocycles. The predicted octanol–water partition coefficient (Wildman–Crippen LogP) is 5.18. The highest BCUT2D eigenvalue weighted by Gasteiger charge is 2.09. The van der Waals surface area contributed by atoms with E-state index in [9.17, 15) is 0 Å². The van der Waals surface area contributed by atoms with E-state index in [1.807, 2.05) is 37.3 Å². The van der Waals surface area contributed by atoms with Crippen LogP contribution in [0, 0.1) is 0 Å². The number of hydrogen-bond acceptors (Lipinski definition) is 2. The zero-order valence-electron chi connectivity index (χ0n) is 12.4. The lowest BCUT2D eigenvalue weighted by molar-refractivity contribution is -0.0808. The Kier molecular flexibility index (Phi) is 9.17. The van der Waals surface area contributed by atoms with Crippen molar-refractivity contribution in [3.8, 4) is 5.75 Å². The lowest BCUT2D eigenvalue weighted by atomic mass is 10.1. The van der Waals surface area contributed by atoms with Crippen LogP contribution in [0.25, 0.3) is 0 Å². The number of hydrogen-bond donors (Lipinski definition) is 0. The molecule has 2 heteroatoms. The van der Waals surface area contributed by atoms with Gasteiger partial charge in [0.2, 0.25) is 0 Å². The fourth-order valence-corrected chi connectivity index (χ4v) is 2.10. The summed E-state index contributed by atoms with van der Waals surface area (Å²) >= 11 is 0. The Morgan fingerprint density at radius 1 is 0.895 bits per heavy atom. The van der Waals surface area contributed by atoms with E-state index < -0.39 is 0 Å². The van der Waals surface area contributed by atoms with Crippen molar-refractivity contribution in [2.75, 3.05) is 6.61 Å². The van der Waals surface area contributed by atoms with Crippen LogP contribution >= 0.6 is 0 Å². The first kappa shape index (κ1) is 16.0. The molecule has 0 saturated carbocycles. The van der Waals surface area contributed by atoms with E-state index in [0.29, 0.717) is 6.61 Å². The van der Waals surface area contributed by atoms with Gasteiger partial charge in [0.1, 0.15) is 5.75 Å². The maximum Gasteiger partial charge on any atom is 0.199 e. The van der Waals surface area contributed by atoms with E-state index in [1.54, 1.807) is 0 Å². The molecule has 0 aliphatic rings. The molecule has 0 aliphatic heterocycles. The summed E-state index contributed by atoms with van der Waals surface area (Å²) in [6, 6.07) is 9.93. The lowest BCUT2D eigenvalue weighted by Crippen LogP contribution is -2.20. The minimum absolute atomic E-state index is 0.0985. The Morgan fingerprint density at radius 3 is 2.26 bits per heavy atom. The smallest absolute Gasteiger partial charge is 0.199 e. The molecule has 1 aromatic carbocycles. The average Bonchev–Trinajstić information content (AvgIpc) is 2.44. The second kappa shape index (κ2) is 10.9. The van der Waals surface area contributed by atoms with Crippen molar-refractivity contribution in [1.29, 1.82) is 0 Å². The maximum absolute atomic E-state index is 5.86. The molecule has 19 heavy (non-hydrogen) atoms. The predicted molar refractivity (Wildman–Crippen MR) is 80.5 cm³/mol. The summed E-state index contributed by atoms with van der Waals surface area (Å²) in [7, 11) is 0. The molecule has 0 aromatic heterocycles. The van der Waals surface area contributed by atoms with Crippen LogP contribution in [0.2, 0.25) is 0 Å². The van der Waals surface area contributed by atoms with Gasteiger partial charge in [0.05, 0.1) is 0 Å². The third-order valence-electron chi connectivity index (χ3n) is 3.16. The molecule has 0 N–H and O–H groups in total. The number of para-hydroxylation sites is 1. The van der Waals surface area contributed by atoms with E-state index in [2.05, 4.69) is 6.92 Å². The van der Waals surface area contributed by atoms with Crippen LogP contribution in [0.3, 0.4) is 0 Å². The van der Waals surface area contributed by atoms with Crippen molar-refractivity contribution in [2.45, 2.75) is 65.1 Å². The molecule has 0 amide bonds. The average molecular weight is 264 g/mol. The van der Waals surface area contributed by atoms with Crippen molar-refractivity contribution < 1.29 is 9.47 Å². The molecule has 0 radical (unpaired) electrons. The van der Waals surface area contributed by atoms with Gasteiger partial charge in [-0.15, -0.1) is 0 Å². The SMILES string of the molecule is CCCCCCCCC(OCC)Oc1ccccc1. The summed E-state index contributed by atoms with van der Waals surface area (Å²) in [5.74, 6) is 0.895. The third kappa shape index (κ3) is 7.89. The van der Waals surface area contributed by atoms with Crippen molar-refractivity contribution in [3.63, 3.8) is 0 Å². The van der Waals surface area contributed by atoms with Crippen LogP contribution in [0.1, 0.15) is 58.8 Å². The second-order valence-corrected chi connectivity index (χ2v) is 4.87. The minimum atomic E-state index is -0.0985. The molecule has 2 nitrogen and oxygen atoms in total. The van der Waals surface area contributed by atoms with Crippen molar-refractivity contribution in [1.82, 2.24) is 0 Å². The van der Waals surface area contributed by atoms with Crippen molar-refractivity contribution >= 4 is 0 Å². The van der Waals surface area contributed by atoms with Gasteiger partial charge >= 0.3 is 0 Å². The Hall–Kier alpha value is -1.02. The Morgan fingerprint density at radius 2 is 1.58 bits per heavy atom. The Balaban J connectivity index is 2.21. The van der Waals surface area contributed by atoms with E-state index in [-0.39, 0.29) is 6.29 Å². The van der Waals surface area contributed by atoms with Gasteiger partial charge in [-0.05, 0) is 25.5 Å². The quantitative estimate of drug-likeness (QED) is 0.405. The van der Waals surface area contributed by atoms with Crippen LogP contribution in [-0.4, -0.2) is 12.9 Å². The molecule has 1 atom stereocenters. The van der Waals surface area contributed by atoms with Crippen molar-refractivity contribution in [3.05, 3.63) is 30.3 Å². The molecule has 0 bridgehead atoms. The number of benzene rings is 1. The van der Waals surface area contributed by atoms with Crippen LogP contribution < -0.4 is 4.74 Å². The van der Waals surface area contributed by atoms with Gasteiger partial charge in [-0.1, -0.05) is 57.2 Å². The molecular weight excluding hydrogens is 236 g/mol. The zero-order valence-corrected chi connectivity index (χ0v) is 12.4. The van der Waals surface area contributed by atoms with Gasteiger partial charge < -0.3 is 9.47 Å². The fraction of sp³-hybridized carbons (Fsp3) is 0.647. The normalized spacial score (nSPS) is 12.3. The fourth-order valence-electron chi connectivity index (χ4n) is 2.10. The third-order valence-corrected chi connectivity index (χ3v) is 3.16. The monoisotopic (exact) mass is 264 g/mol. The first-order chi connectivity index (χ1) is 9.36. The van der Waals surface area contributed by atoms with Gasteiger partial charge in [-0.3, -0.25) is 0 Å². The molecule has 0 heterocycles. The number of ether oxygens (including phenoxy) is 2. The molecule has 0 fully saturated rings. The second-order valence-electron chi connectivity index (χ2n) is 4.87. The molecule has 0 spiro atoms. The minimum Gasteiger partial charge on any atom is -0.465 e. The Labute approximate surface area is 118 Å². The van der Waals surface area contributed by atoms with E-state index in [0.717, 1.165) is 12.2 Å². The highest BCUT2D eigenvalue weighted by atomic mass is 16.7. The van der Waals surface area contributed by atoms with Gasteiger partial charge in [0, 0.05) is 13.0 Å². The molecular formula is C17H28O2. The first-order valence-corrected chi connectivity index (χ1v) is 7.70. The topological polar surface area (TPSA) is 18.5 Å². The summed E-state index contributed by atoms with van der Waals surface area (Å²) in [4.78, 5) is 0. The van der Waals surface area contributed by atoms with Gasteiger partial charge in [0.15, 0.2) is 6.29 Å². The first-order valence-electron chi connectivity index (χ1n) is 7.70. The molecule has 1 rings (SSSR count). The molecule has 1 unspecified atom stereocenters. The molecule has 1 aromatic rings.